The summed E-state index contributed by atoms with van der Waals surface area (Å²) < 4.78 is 144. The Morgan fingerprint density at radius 1 is 0.371 bits per heavy atom. The van der Waals surface area contributed by atoms with Crippen molar-refractivity contribution in [1.29, 1.82) is 0 Å². The molecule has 27 heteroatoms. The summed E-state index contributed by atoms with van der Waals surface area (Å²) in [5.41, 5.74) is -1.60. The van der Waals surface area contributed by atoms with E-state index in [9.17, 15) is 66.3 Å². The van der Waals surface area contributed by atoms with E-state index in [-0.39, 0.29) is 162 Å². The Hall–Kier alpha value is -2.31. The van der Waals surface area contributed by atoms with Gasteiger partial charge in [-0.05, 0) is 48.5 Å². The molecule has 0 aromatic heterocycles. The van der Waals surface area contributed by atoms with Crippen molar-refractivity contribution in [2.75, 3.05) is 21.3 Å². The van der Waals surface area contributed by atoms with Gasteiger partial charge in [0, 0.05) is 44.0 Å². The van der Waals surface area contributed by atoms with E-state index in [2.05, 4.69) is 21.3 Å². The number of urea groups is 1. The molecule has 0 heterocycles. The van der Waals surface area contributed by atoms with E-state index in [1.165, 1.54) is 84.9 Å². The molecule has 0 aliphatic rings. The predicted molar refractivity (Wildman–Crippen MR) is 201 cm³/mol. The largest absolute Gasteiger partial charge is 1.00 e. The Labute approximate surface area is 442 Å². The molecule has 4 N–H and O–H groups in total. The van der Waals surface area contributed by atoms with E-state index in [0.29, 0.717) is 12.1 Å². The zero-order valence-electron chi connectivity index (χ0n) is 32.6. The second-order valence-electron chi connectivity index (χ2n) is 12.1. The van der Waals surface area contributed by atoms with Crippen LogP contribution in [0.25, 0.3) is 21.5 Å². The summed E-state index contributed by atoms with van der Waals surface area (Å²) in [5.74, 6) is -2.03. The van der Waals surface area contributed by atoms with Crippen molar-refractivity contribution in [3.8, 4) is 0 Å². The van der Waals surface area contributed by atoms with Crippen LogP contribution in [0.1, 0.15) is 20.7 Å². The van der Waals surface area contributed by atoms with Crippen molar-refractivity contribution in [2.24, 2.45) is 0 Å². The minimum absolute atomic E-state index is 0. The Bertz CT molecular complexity index is 3000. The maximum atomic E-state index is 13.3. The smallest absolute Gasteiger partial charge is 0.744 e. The molecule has 0 radical (unpaired) electrons. The molecule has 0 aliphatic heterocycles. The molecule has 0 saturated heterocycles. The van der Waals surface area contributed by atoms with Crippen LogP contribution in [0.2, 0.25) is 0 Å². The van der Waals surface area contributed by atoms with Gasteiger partial charge < -0.3 is 39.5 Å². The number of anilines is 4. The number of amides is 4. The summed E-state index contributed by atoms with van der Waals surface area (Å²) in [6, 6.07) is 20.1. The van der Waals surface area contributed by atoms with Crippen molar-refractivity contribution >= 4 is 103 Å². The van der Waals surface area contributed by atoms with Gasteiger partial charge in [-0.1, -0.05) is 60.7 Å². The number of rotatable bonds is 10. The Kier molecular flexibility index (Phi) is 19.6. The molecule has 6 aromatic rings. The van der Waals surface area contributed by atoms with Gasteiger partial charge in [-0.15, -0.1) is 0 Å². The Balaban J connectivity index is 0.00000331. The minimum Gasteiger partial charge on any atom is -0.744 e. The van der Waals surface area contributed by atoms with E-state index in [0.717, 1.165) is 12.1 Å². The molecule has 62 heavy (non-hydrogen) atoms. The van der Waals surface area contributed by atoms with E-state index in [1.807, 2.05) is 0 Å². The van der Waals surface area contributed by atoms with Crippen LogP contribution in [0.5, 0.6) is 0 Å². The van der Waals surface area contributed by atoms with E-state index >= 15 is 0 Å². The van der Waals surface area contributed by atoms with Gasteiger partial charge in [-0.3, -0.25) is 9.59 Å². The average molecular weight is 959 g/mol. The number of carbonyl (C=O) groups is 3. The SMILES string of the molecule is O=C(Nc1cccc(C(=O)Nc2c(S(=O)(=O)[O-])cc(S(=O)(=O)[O-])c3ccccc23)c1)Nc1cccc(C(=O)Nc2c(S(=O)(=O)[O-])cc(S(=O)(=O)[O-])c3ccccc23)c1.[Na+].[Na+].[Na+].[Na+]. The van der Waals surface area contributed by atoms with Gasteiger partial charge in [0.25, 0.3) is 11.8 Å². The fourth-order valence-electron chi connectivity index (χ4n) is 5.84. The van der Waals surface area contributed by atoms with Crippen molar-refractivity contribution in [3.05, 3.63) is 120 Å². The van der Waals surface area contributed by atoms with E-state index < -0.39 is 89.3 Å². The molecule has 6 rings (SSSR count). The van der Waals surface area contributed by atoms with Crippen LogP contribution in [-0.2, 0) is 40.5 Å². The molecule has 4 amide bonds. The van der Waals surface area contributed by atoms with Gasteiger partial charge in [-0.25, -0.2) is 38.5 Å². The first kappa shape index (κ1) is 55.8. The fraction of sp³-hybridized carbons (Fsp3) is 0. The molecule has 0 spiro atoms. The summed E-state index contributed by atoms with van der Waals surface area (Å²) >= 11 is 0. The molecule has 0 bridgehead atoms. The topological polar surface area (TPSA) is 328 Å². The first-order valence-electron chi connectivity index (χ1n) is 15.9. The van der Waals surface area contributed by atoms with Crippen LogP contribution in [-0.4, -0.2) is 69.7 Å². The predicted octanol–water partition coefficient (Wildman–Crippen LogP) is -8.23. The standard InChI is InChI=1S/C35H26N4O15S4.4Na/c40-33(38-31-25-13-3-1-11-23(25)27(55(43,44)45)17-29(31)57(49,50)51)19-7-5-9-21(15-19)36-35(42)37-22-10-6-8-20(16-22)34(41)39-32-26-14-4-2-12-24(26)28(56(46,47)48)18-30(32)58(52,53)54;;;;/h1-18H,(H,38,40)(H,39,41)(H2,36,37,42)(H,43,44,45)(H,46,47,48)(H,49,50,51)(H,52,53,54);;;;/q;4*+1/p-4. The molecule has 0 fully saturated rings. The number of hydrogen-bond acceptors (Lipinski definition) is 15. The summed E-state index contributed by atoms with van der Waals surface area (Å²) in [5, 5.41) is 8.37. The molecule has 0 atom stereocenters. The van der Waals surface area contributed by atoms with Gasteiger partial charge in [0.15, 0.2) is 0 Å². The normalized spacial score (nSPS) is 11.4. The average Bonchev–Trinajstić information content (AvgIpc) is 3.13. The van der Waals surface area contributed by atoms with Crippen LogP contribution in [0, 0.1) is 0 Å². The summed E-state index contributed by atoms with van der Waals surface area (Å²) in [6.07, 6.45) is 0. The van der Waals surface area contributed by atoms with Crippen molar-refractivity contribution in [1.82, 2.24) is 0 Å². The third kappa shape index (κ3) is 12.9. The zero-order valence-corrected chi connectivity index (χ0v) is 43.9. The second-order valence-corrected chi connectivity index (χ2v) is 17.4. The van der Waals surface area contributed by atoms with Crippen LogP contribution in [0.4, 0.5) is 27.5 Å². The van der Waals surface area contributed by atoms with Crippen LogP contribution < -0.4 is 139 Å². The third-order valence-electron chi connectivity index (χ3n) is 8.26. The van der Waals surface area contributed by atoms with Crippen LogP contribution in [0.15, 0.2) is 129 Å². The Morgan fingerprint density at radius 3 is 0.984 bits per heavy atom. The first-order chi connectivity index (χ1) is 27.0. The molecule has 300 valence electrons. The summed E-state index contributed by atoms with van der Waals surface area (Å²) in [6.45, 7) is 0. The maximum absolute atomic E-state index is 13.3. The van der Waals surface area contributed by atoms with E-state index in [1.54, 1.807) is 0 Å². The monoisotopic (exact) mass is 958 g/mol. The van der Waals surface area contributed by atoms with Crippen LogP contribution >= 0.6 is 0 Å². The molecular weight excluding hydrogens is 937 g/mol. The number of carbonyl (C=O) groups excluding carboxylic acids is 3. The first-order valence-corrected chi connectivity index (χ1v) is 21.5. The van der Waals surface area contributed by atoms with Crippen LogP contribution in [0.3, 0.4) is 0 Å². The number of fused-ring (bicyclic) bond motifs is 2. The maximum Gasteiger partial charge on any atom is 1.00 e. The molecule has 6 aromatic carbocycles. The van der Waals surface area contributed by atoms with Gasteiger partial charge in [0.2, 0.25) is 0 Å². The second kappa shape index (κ2) is 21.8. The zero-order chi connectivity index (χ0) is 42.4. The quantitative estimate of drug-likeness (QED) is 0.0732. The molecule has 0 aliphatic carbocycles. The van der Waals surface area contributed by atoms with Crippen molar-refractivity contribution < 1.29 is 184 Å². The van der Waals surface area contributed by atoms with Gasteiger partial charge in [0.05, 0.1) is 31.0 Å². The van der Waals surface area contributed by atoms with Gasteiger partial charge in [0.1, 0.15) is 40.5 Å². The van der Waals surface area contributed by atoms with Gasteiger partial charge >= 0.3 is 124 Å². The molecular formula is C35H22N4Na4O15S4. The number of hydrogen-bond donors (Lipinski definition) is 4. The molecule has 0 unspecified atom stereocenters. The fourth-order valence-corrected chi connectivity index (χ4v) is 8.76. The third-order valence-corrected chi connectivity index (χ3v) is 11.7. The van der Waals surface area contributed by atoms with Crippen molar-refractivity contribution in [3.63, 3.8) is 0 Å². The number of benzene rings is 6. The summed E-state index contributed by atoms with van der Waals surface area (Å²) in [4.78, 5) is 35.3. The minimum atomic E-state index is -5.46. The van der Waals surface area contributed by atoms with Gasteiger partial charge in [-0.2, -0.15) is 0 Å². The molecule has 0 saturated carbocycles. The summed E-state index contributed by atoms with van der Waals surface area (Å²) in [7, 11) is -21.5. The number of nitrogens with one attached hydrogen (secondary N) is 4. The van der Waals surface area contributed by atoms with E-state index in [4.69, 9.17) is 0 Å². The molecule has 19 nitrogen and oxygen atoms in total. The van der Waals surface area contributed by atoms with Crippen molar-refractivity contribution in [2.45, 2.75) is 19.6 Å². The Morgan fingerprint density at radius 2 is 0.677 bits per heavy atom.